The fraction of sp³-hybridized carbons (Fsp3) is 0.907. The second kappa shape index (κ2) is 64.4. The van der Waals surface area contributed by atoms with Gasteiger partial charge >= 0.3 is 0 Å². The maximum atomic E-state index is 13.1. The summed E-state index contributed by atoms with van der Waals surface area (Å²) in [4.78, 5) is 13.1. The summed E-state index contributed by atoms with van der Waals surface area (Å²) >= 11 is 0. The molecule has 0 spiro atoms. The van der Waals surface area contributed by atoms with Crippen LogP contribution < -0.4 is 5.32 Å². The predicted molar refractivity (Wildman–Crippen MR) is 360 cm³/mol. The minimum Gasteiger partial charge on any atom is -0.394 e. The minimum absolute atomic E-state index is 0.183. The van der Waals surface area contributed by atoms with Crippen molar-refractivity contribution in [2.45, 2.75) is 423 Å². The lowest BCUT2D eigenvalue weighted by molar-refractivity contribution is -0.302. The van der Waals surface area contributed by atoms with Gasteiger partial charge in [-0.3, -0.25) is 4.79 Å². The number of ether oxygens (including phenoxy) is 2. The summed E-state index contributed by atoms with van der Waals surface area (Å²) in [6.45, 7) is 3.82. The van der Waals surface area contributed by atoms with E-state index < -0.39 is 49.5 Å². The summed E-state index contributed by atoms with van der Waals surface area (Å²) in [6.07, 6.45) is 80.0. The number of allylic oxidation sites excluding steroid dienone is 5. The fourth-order valence-corrected chi connectivity index (χ4v) is 12.1. The zero-order chi connectivity index (χ0) is 60.7. The van der Waals surface area contributed by atoms with E-state index in [2.05, 4.69) is 43.5 Å². The van der Waals surface area contributed by atoms with Crippen molar-refractivity contribution in [1.82, 2.24) is 5.32 Å². The van der Waals surface area contributed by atoms with Crippen LogP contribution in [0.25, 0.3) is 0 Å². The number of aliphatic hydroxyl groups is 5. The molecule has 1 saturated heterocycles. The smallest absolute Gasteiger partial charge is 0.220 e. The highest BCUT2D eigenvalue weighted by Gasteiger charge is 2.44. The highest BCUT2D eigenvalue weighted by atomic mass is 16.7. The Balaban J connectivity index is 2.09. The third-order valence-corrected chi connectivity index (χ3v) is 17.9. The van der Waals surface area contributed by atoms with E-state index >= 15 is 0 Å². The zero-order valence-electron chi connectivity index (χ0n) is 55.7. The molecule has 0 saturated carbocycles. The van der Waals surface area contributed by atoms with Crippen LogP contribution in [0.4, 0.5) is 0 Å². The quantitative estimate of drug-likeness (QED) is 0.0261. The summed E-state index contributed by atoms with van der Waals surface area (Å²) in [5, 5.41) is 54.7. The summed E-state index contributed by atoms with van der Waals surface area (Å²) in [7, 11) is 0. The lowest BCUT2D eigenvalue weighted by Crippen LogP contribution is -2.60. The first kappa shape index (κ1) is 80.4. The molecule has 0 aromatic carbocycles. The van der Waals surface area contributed by atoms with Crippen molar-refractivity contribution in [2.75, 3.05) is 13.2 Å². The van der Waals surface area contributed by atoms with Crippen LogP contribution >= 0.6 is 0 Å². The van der Waals surface area contributed by atoms with Crippen LogP contribution in [-0.4, -0.2) is 87.5 Å². The number of nitrogens with one attached hydrogen (secondary N) is 1. The van der Waals surface area contributed by atoms with Gasteiger partial charge in [-0.05, 0) is 44.9 Å². The number of rotatable bonds is 66. The summed E-state index contributed by atoms with van der Waals surface area (Å²) in [5.74, 6) is -0.183. The van der Waals surface area contributed by atoms with E-state index in [-0.39, 0.29) is 12.5 Å². The highest BCUT2D eigenvalue weighted by Crippen LogP contribution is 2.24. The Morgan fingerprint density at radius 2 is 0.679 bits per heavy atom. The molecule has 84 heavy (non-hydrogen) atoms. The molecular formula is C75H143NO8. The summed E-state index contributed by atoms with van der Waals surface area (Å²) in [6, 6.07) is -0.828. The Kier molecular flexibility index (Phi) is 61.7. The first-order chi connectivity index (χ1) is 41.3. The first-order valence-corrected chi connectivity index (χ1v) is 37.2. The summed E-state index contributed by atoms with van der Waals surface area (Å²) in [5.41, 5.74) is 0. The SMILES string of the molecule is CCCCCCCCCCCCCCCC/C=C/CC/C=C/CC/C=C/C(O)C(COC1OC(CO)C(O)C(O)C1O)NC(=O)CCCCCCCCCCCCCCCCCCCCCCCCCCCCCCCCCCCCCCC. The number of hydrogen-bond acceptors (Lipinski definition) is 8. The summed E-state index contributed by atoms with van der Waals surface area (Å²) < 4.78 is 11.3. The molecule has 496 valence electrons. The van der Waals surface area contributed by atoms with Gasteiger partial charge in [0.05, 0.1) is 25.4 Å². The second-order valence-electron chi connectivity index (χ2n) is 26.1. The maximum Gasteiger partial charge on any atom is 0.220 e. The maximum absolute atomic E-state index is 13.1. The number of amides is 1. The molecule has 0 radical (unpaired) electrons. The van der Waals surface area contributed by atoms with E-state index in [1.807, 2.05) is 6.08 Å². The van der Waals surface area contributed by atoms with Gasteiger partial charge in [-0.1, -0.05) is 365 Å². The molecular weight excluding hydrogens is 1040 g/mol. The van der Waals surface area contributed by atoms with Crippen molar-refractivity contribution >= 4 is 5.91 Å². The minimum atomic E-state index is -1.57. The molecule has 0 aliphatic carbocycles. The van der Waals surface area contributed by atoms with Gasteiger partial charge in [0.25, 0.3) is 0 Å². The molecule has 1 rings (SSSR count). The largest absolute Gasteiger partial charge is 0.394 e. The van der Waals surface area contributed by atoms with Gasteiger partial charge in [-0.15, -0.1) is 0 Å². The number of carbonyl (C=O) groups is 1. The van der Waals surface area contributed by atoms with E-state index in [1.54, 1.807) is 6.08 Å². The molecule has 1 aliphatic heterocycles. The van der Waals surface area contributed by atoms with Crippen LogP contribution in [0, 0.1) is 0 Å². The molecule has 7 unspecified atom stereocenters. The average Bonchev–Trinajstić information content (AvgIpc) is 3.69. The molecule has 1 heterocycles. The van der Waals surface area contributed by atoms with Gasteiger partial charge in [0, 0.05) is 6.42 Å². The molecule has 1 aliphatic rings. The van der Waals surface area contributed by atoms with Crippen molar-refractivity contribution in [3.63, 3.8) is 0 Å². The number of aliphatic hydroxyl groups excluding tert-OH is 5. The van der Waals surface area contributed by atoms with E-state index in [4.69, 9.17) is 9.47 Å². The third kappa shape index (κ3) is 52.4. The van der Waals surface area contributed by atoms with Crippen molar-refractivity contribution in [2.24, 2.45) is 0 Å². The van der Waals surface area contributed by atoms with Crippen LogP contribution in [0.2, 0.25) is 0 Å². The Morgan fingerprint density at radius 1 is 0.393 bits per heavy atom. The zero-order valence-corrected chi connectivity index (χ0v) is 55.7. The fourth-order valence-electron chi connectivity index (χ4n) is 12.1. The molecule has 0 aromatic heterocycles. The van der Waals surface area contributed by atoms with Crippen LogP contribution in [0.3, 0.4) is 0 Å². The van der Waals surface area contributed by atoms with Gasteiger partial charge in [-0.25, -0.2) is 0 Å². The van der Waals surface area contributed by atoms with Crippen LogP contribution in [0.15, 0.2) is 36.5 Å². The second-order valence-corrected chi connectivity index (χ2v) is 26.1. The lowest BCUT2D eigenvalue weighted by Gasteiger charge is -2.40. The van der Waals surface area contributed by atoms with Crippen molar-refractivity contribution in [3.8, 4) is 0 Å². The van der Waals surface area contributed by atoms with Gasteiger partial charge in [-0.2, -0.15) is 0 Å². The first-order valence-electron chi connectivity index (χ1n) is 37.2. The van der Waals surface area contributed by atoms with Crippen LogP contribution in [0.1, 0.15) is 380 Å². The Labute approximate surface area is 521 Å². The highest BCUT2D eigenvalue weighted by molar-refractivity contribution is 5.76. The molecule has 1 amide bonds. The standard InChI is InChI=1S/C75H143NO8/c1-3-5-7-9-11-13-15-17-19-21-23-25-27-29-30-31-32-33-34-35-36-37-38-39-40-41-43-45-47-49-51-53-55-57-59-61-63-65-71(79)76-68(67-83-75-74(82)73(81)72(80)70(66-77)84-75)69(78)64-62-60-58-56-54-52-50-48-46-44-42-28-26-24-22-20-18-16-14-12-10-8-6-4-2/h46,48,54,56,62,64,68-70,72-75,77-78,80-82H,3-45,47,49-53,55,57-61,63,65-67H2,1-2H3,(H,76,79)/b48-46+,56-54+,64-62+. The van der Waals surface area contributed by atoms with Crippen molar-refractivity contribution < 1.29 is 39.8 Å². The van der Waals surface area contributed by atoms with Crippen molar-refractivity contribution in [1.29, 1.82) is 0 Å². The van der Waals surface area contributed by atoms with Gasteiger partial charge in [0.2, 0.25) is 5.91 Å². The van der Waals surface area contributed by atoms with Crippen LogP contribution in [0.5, 0.6) is 0 Å². The van der Waals surface area contributed by atoms with E-state index in [9.17, 15) is 30.3 Å². The number of unbranched alkanes of at least 4 members (excludes halogenated alkanes) is 52. The predicted octanol–water partition coefficient (Wildman–Crippen LogP) is 20.6. The molecule has 7 atom stereocenters. The normalized spacial score (nSPS) is 18.3. The van der Waals surface area contributed by atoms with Crippen molar-refractivity contribution in [3.05, 3.63) is 36.5 Å². The molecule has 1 fully saturated rings. The molecule has 0 aromatic rings. The van der Waals surface area contributed by atoms with E-state index in [0.717, 1.165) is 44.9 Å². The van der Waals surface area contributed by atoms with Gasteiger partial charge in [0.1, 0.15) is 24.4 Å². The average molecular weight is 1190 g/mol. The Morgan fingerprint density at radius 3 is 1.00 bits per heavy atom. The Bertz CT molecular complexity index is 1420. The number of carbonyl (C=O) groups excluding carboxylic acids is 1. The Hall–Kier alpha value is -1.59. The van der Waals surface area contributed by atoms with E-state index in [0.29, 0.717) is 6.42 Å². The van der Waals surface area contributed by atoms with E-state index in [1.165, 1.54) is 315 Å². The number of hydrogen-bond donors (Lipinski definition) is 6. The van der Waals surface area contributed by atoms with Gasteiger partial charge < -0.3 is 40.3 Å². The topological polar surface area (TPSA) is 149 Å². The lowest BCUT2D eigenvalue weighted by atomic mass is 9.99. The monoisotopic (exact) mass is 1190 g/mol. The van der Waals surface area contributed by atoms with Crippen LogP contribution in [-0.2, 0) is 14.3 Å². The molecule has 6 N–H and O–H groups in total. The molecule has 9 nitrogen and oxygen atoms in total. The third-order valence-electron chi connectivity index (χ3n) is 17.9. The molecule has 9 heteroatoms. The van der Waals surface area contributed by atoms with Gasteiger partial charge in [0.15, 0.2) is 6.29 Å². The molecule has 0 bridgehead atoms.